The molecule has 0 aliphatic heterocycles. The molecule has 0 amide bonds. The van der Waals surface area contributed by atoms with Gasteiger partial charge in [0.25, 0.3) is 0 Å². The number of rotatable bonds is 10. The molecule has 8 heteroatoms. The number of nitrogens with two attached hydrogens (primary N) is 1. The number of ether oxygens (including phenoxy) is 2. The third kappa shape index (κ3) is 7.76. The molecule has 0 spiro atoms. The van der Waals surface area contributed by atoms with Gasteiger partial charge in [-0.25, -0.2) is 5.84 Å². The molecule has 1 rings (SSSR count). The fourth-order valence-electron chi connectivity index (χ4n) is 2.09. The van der Waals surface area contributed by atoms with Crippen molar-refractivity contribution >= 4 is 23.0 Å². The van der Waals surface area contributed by atoms with Gasteiger partial charge < -0.3 is 19.3 Å². The van der Waals surface area contributed by atoms with Crippen LogP contribution in [0.2, 0.25) is 0 Å². The van der Waals surface area contributed by atoms with Gasteiger partial charge in [-0.3, -0.25) is 0 Å². The Labute approximate surface area is 161 Å². The summed E-state index contributed by atoms with van der Waals surface area (Å²) >= 11 is 0. The number of oxime groups is 1. The Bertz CT molecular complexity index is 684. The SMILES string of the molecule is CCC(=NN=C(C)C(C)=NOCCOC)OCc1c(C)cccc1N(C)N. The molecule has 150 valence electrons. The summed E-state index contributed by atoms with van der Waals surface area (Å²) < 4.78 is 10.8. The standard InChI is InChI=1S/C19H31N5O3/c1-7-19(22-21-15(3)16(4)23-27-12-11-25-6)26-13-17-14(2)9-8-10-18(17)24(5)20/h8-10H,7,11-13,20H2,1-6H3. The van der Waals surface area contributed by atoms with Gasteiger partial charge >= 0.3 is 0 Å². The van der Waals surface area contributed by atoms with E-state index in [1.54, 1.807) is 19.2 Å². The van der Waals surface area contributed by atoms with E-state index < -0.39 is 0 Å². The highest BCUT2D eigenvalue weighted by Crippen LogP contribution is 2.22. The molecule has 0 bridgehead atoms. The van der Waals surface area contributed by atoms with Crippen molar-refractivity contribution in [3.05, 3.63) is 29.3 Å². The first-order valence-electron chi connectivity index (χ1n) is 8.87. The van der Waals surface area contributed by atoms with Crippen LogP contribution >= 0.6 is 0 Å². The Kier molecular flexibility index (Phi) is 10.1. The molecule has 0 saturated heterocycles. The van der Waals surface area contributed by atoms with Crippen LogP contribution in [0.25, 0.3) is 0 Å². The normalized spacial score (nSPS) is 12.9. The average Bonchev–Trinajstić information content (AvgIpc) is 2.65. The lowest BCUT2D eigenvalue weighted by atomic mass is 10.1. The topological polar surface area (TPSA) is 94.0 Å². The quantitative estimate of drug-likeness (QED) is 0.222. The predicted molar refractivity (Wildman–Crippen MR) is 110 cm³/mol. The van der Waals surface area contributed by atoms with Crippen molar-refractivity contribution in [1.29, 1.82) is 0 Å². The van der Waals surface area contributed by atoms with Crippen LogP contribution in [0.3, 0.4) is 0 Å². The maximum absolute atomic E-state index is 5.91. The zero-order chi connectivity index (χ0) is 20.2. The third-order valence-corrected chi connectivity index (χ3v) is 3.87. The minimum absolute atomic E-state index is 0.373. The number of benzene rings is 1. The number of hydrogen-bond donors (Lipinski definition) is 1. The van der Waals surface area contributed by atoms with Crippen molar-refractivity contribution in [3.63, 3.8) is 0 Å². The van der Waals surface area contributed by atoms with Crippen molar-refractivity contribution in [1.82, 2.24) is 0 Å². The van der Waals surface area contributed by atoms with Gasteiger partial charge in [0.15, 0.2) is 0 Å². The lowest BCUT2D eigenvalue weighted by Gasteiger charge is -2.19. The van der Waals surface area contributed by atoms with Crippen LogP contribution in [0, 0.1) is 6.92 Å². The van der Waals surface area contributed by atoms with E-state index >= 15 is 0 Å². The average molecular weight is 377 g/mol. The van der Waals surface area contributed by atoms with Crippen molar-refractivity contribution in [2.75, 3.05) is 32.4 Å². The number of aryl methyl sites for hydroxylation is 1. The van der Waals surface area contributed by atoms with Crippen molar-refractivity contribution in [2.24, 2.45) is 21.2 Å². The number of anilines is 1. The highest BCUT2D eigenvalue weighted by molar-refractivity contribution is 6.40. The maximum atomic E-state index is 5.91. The lowest BCUT2D eigenvalue weighted by molar-refractivity contribution is 0.0753. The molecule has 1 aromatic carbocycles. The lowest BCUT2D eigenvalue weighted by Crippen LogP contribution is -2.26. The molecule has 0 aromatic heterocycles. The summed E-state index contributed by atoms with van der Waals surface area (Å²) in [5.41, 5.74) is 4.35. The molecule has 27 heavy (non-hydrogen) atoms. The van der Waals surface area contributed by atoms with Crippen molar-refractivity contribution in [2.45, 2.75) is 40.7 Å². The van der Waals surface area contributed by atoms with E-state index in [0.717, 1.165) is 16.8 Å². The van der Waals surface area contributed by atoms with E-state index in [-0.39, 0.29) is 0 Å². The van der Waals surface area contributed by atoms with Gasteiger partial charge in [0.2, 0.25) is 5.90 Å². The van der Waals surface area contributed by atoms with E-state index in [2.05, 4.69) is 15.4 Å². The molecule has 0 atom stereocenters. The van der Waals surface area contributed by atoms with Gasteiger partial charge in [0.05, 0.1) is 23.7 Å². The van der Waals surface area contributed by atoms with Crippen LogP contribution < -0.4 is 10.9 Å². The highest BCUT2D eigenvalue weighted by atomic mass is 16.6. The number of nitrogens with zero attached hydrogens (tertiary/aromatic N) is 4. The second-order valence-corrected chi connectivity index (χ2v) is 6.01. The van der Waals surface area contributed by atoms with Gasteiger partial charge in [-0.15, -0.1) is 5.10 Å². The summed E-state index contributed by atoms with van der Waals surface area (Å²) in [7, 11) is 3.41. The Morgan fingerprint density at radius 3 is 2.52 bits per heavy atom. The Balaban J connectivity index is 2.79. The second kappa shape index (κ2) is 12.0. The van der Waals surface area contributed by atoms with Crippen LogP contribution in [-0.2, 0) is 20.9 Å². The maximum Gasteiger partial charge on any atom is 0.208 e. The Morgan fingerprint density at radius 2 is 1.89 bits per heavy atom. The van der Waals surface area contributed by atoms with Crippen LogP contribution in [0.1, 0.15) is 38.3 Å². The van der Waals surface area contributed by atoms with Gasteiger partial charge in [-0.1, -0.05) is 24.2 Å². The fraction of sp³-hybridized carbons (Fsp3) is 0.526. The van der Waals surface area contributed by atoms with E-state index in [9.17, 15) is 0 Å². The summed E-state index contributed by atoms with van der Waals surface area (Å²) in [6.07, 6.45) is 0.622. The molecule has 0 aliphatic rings. The van der Waals surface area contributed by atoms with Crippen LogP contribution in [-0.4, -0.2) is 44.7 Å². The monoisotopic (exact) mass is 377 g/mol. The molecule has 0 aliphatic carbocycles. The smallest absolute Gasteiger partial charge is 0.208 e. The van der Waals surface area contributed by atoms with Gasteiger partial charge in [0, 0.05) is 26.1 Å². The van der Waals surface area contributed by atoms with E-state index in [1.807, 2.05) is 45.9 Å². The van der Waals surface area contributed by atoms with E-state index in [1.165, 1.54) is 0 Å². The van der Waals surface area contributed by atoms with Crippen LogP contribution in [0.4, 0.5) is 5.69 Å². The van der Waals surface area contributed by atoms with Crippen molar-refractivity contribution in [3.8, 4) is 0 Å². The molecule has 2 N–H and O–H groups in total. The third-order valence-electron chi connectivity index (χ3n) is 3.87. The number of hydrazine groups is 1. The van der Waals surface area contributed by atoms with Crippen LogP contribution in [0.5, 0.6) is 0 Å². The summed E-state index contributed by atoms with van der Waals surface area (Å²) in [5.74, 6) is 6.44. The molecule has 1 aromatic rings. The summed E-state index contributed by atoms with van der Waals surface area (Å²) in [4.78, 5) is 5.13. The number of hydrogen-bond acceptors (Lipinski definition) is 8. The fourth-order valence-corrected chi connectivity index (χ4v) is 2.09. The molecule has 0 radical (unpaired) electrons. The van der Waals surface area contributed by atoms with Gasteiger partial charge in [-0.2, -0.15) is 5.10 Å². The Hall–Kier alpha value is -2.45. The van der Waals surface area contributed by atoms with Crippen LogP contribution in [0.15, 0.2) is 33.6 Å². The minimum Gasteiger partial charge on any atom is -0.475 e. The molecule has 0 heterocycles. The zero-order valence-corrected chi connectivity index (χ0v) is 17.2. The molecule has 0 unspecified atom stereocenters. The first kappa shape index (κ1) is 22.6. The van der Waals surface area contributed by atoms with Gasteiger partial charge in [0.1, 0.15) is 13.2 Å². The predicted octanol–water partition coefficient (Wildman–Crippen LogP) is 3.04. The van der Waals surface area contributed by atoms with Gasteiger partial charge in [-0.05, 0) is 32.4 Å². The number of methoxy groups -OCH3 is 1. The molecule has 0 saturated carbocycles. The summed E-state index contributed by atoms with van der Waals surface area (Å²) in [5, 5.41) is 14.0. The van der Waals surface area contributed by atoms with E-state index in [4.69, 9.17) is 20.2 Å². The second-order valence-electron chi connectivity index (χ2n) is 6.01. The Morgan fingerprint density at radius 1 is 1.15 bits per heavy atom. The minimum atomic E-state index is 0.373. The highest BCUT2D eigenvalue weighted by Gasteiger charge is 2.09. The van der Waals surface area contributed by atoms with Crippen molar-refractivity contribution < 1.29 is 14.3 Å². The molecular formula is C19H31N5O3. The largest absolute Gasteiger partial charge is 0.475 e. The molecular weight excluding hydrogens is 346 g/mol. The molecule has 8 nitrogen and oxygen atoms in total. The molecule has 0 fully saturated rings. The van der Waals surface area contributed by atoms with E-state index in [0.29, 0.717) is 43.6 Å². The summed E-state index contributed by atoms with van der Waals surface area (Å²) in [6, 6.07) is 5.96. The first-order valence-corrected chi connectivity index (χ1v) is 8.87. The first-order chi connectivity index (χ1) is 12.9. The summed E-state index contributed by atoms with van der Waals surface area (Å²) in [6.45, 7) is 8.87. The zero-order valence-electron chi connectivity index (χ0n) is 17.2.